The molecular weight excluding hydrogens is 591 g/mol. The Labute approximate surface area is 249 Å². The van der Waals surface area contributed by atoms with Crippen molar-refractivity contribution in [2.45, 2.75) is 55.7 Å². The molecule has 4 N–H and O–H groups in total. The molecule has 4 aromatic rings. The molecule has 1 aliphatic carbocycles. The lowest BCUT2D eigenvalue weighted by Crippen LogP contribution is -2.45. The smallest absolute Gasteiger partial charge is 0.349 e. The molecule has 2 aromatic heterocycles. The van der Waals surface area contributed by atoms with Crippen molar-refractivity contribution in [3.05, 3.63) is 59.3 Å². The number of carbonyl (C=O) groups is 1. The van der Waals surface area contributed by atoms with Gasteiger partial charge < -0.3 is 25.0 Å². The monoisotopic (exact) mass is 626 g/mol. The number of H-pyrrole nitrogens is 1. The maximum Gasteiger partial charge on any atom is 0.469 e. The lowest BCUT2D eigenvalue weighted by atomic mass is 9.93. The molecule has 6 rings (SSSR count). The van der Waals surface area contributed by atoms with Gasteiger partial charge in [0.05, 0.1) is 22.3 Å². The Balaban J connectivity index is 1.32. The lowest BCUT2D eigenvalue weighted by molar-refractivity contribution is 0.0898. The molecule has 3 heterocycles. The number of hydrogen-bond acceptors (Lipinski definition) is 7. The number of benzene rings is 2. The van der Waals surface area contributed by atoms with E-state index >= 15 is 0 Å². The fourth-order valence-electron chi connectivity index (χ4n) is 5.92. The van der Waals surface area contributed by atoms with Crippen molar-refractivity contribution >= 4 is 45.5 Å². The summed E-state index contributed by atoms with van der Waals surface area (Å²) in [6.45, 7) is 5.53. The van der Waals surface area contributed by atoms with E-state index in [0.29, 0.717) is 67.0 Å². The van der Waals surface area contributed by atoms with Gasteiger partial charge in [-0.15, -0.1) is 0 Å². The molecule has 13 heteroatoms. The Hall–Kier alpha value is -3.12. The molecule has 0 atom stereocenters. The maximum atomic E-state index is 13.8. The van der Waals surface area contributed by atoms with Crippen LogP contribution in [0.25, 0.3) is 33.1 Å². The summed E-state index contributed by atoms with van der Waals surface area (Å²) in [6.07, 6.45) is 4.52. The molecule has 0 radical (unpaired) electrons. The molecule has 0 unspecified atom stereocenters. The van der Waals surface area contributed by atoms with E-state index in [1.165, 1.54) is 0 Å². The van der Waals surface area contributed by atoms with Crippen LogP contribution < -0.4 is 5.32 Å². The van der Waals surface area contributed by atoms with E-state index in [0.717, 1.165) is 33.0 Å². The van der Waals surface area contributed by atoms with Crippen molar-refractivity contribution in [3.8, 4) is 11.1 Å². The van der Waals surface area contributed by atoms with Gasteiger partial charge in [-0.3, -0.25) is 9.32 Å². The lowest BCUT2D eigenvalue weighted by Gasteiger charge is -2.32. The van der Waals surface area contributed by atoms with Gasteiger partial charge in [0.2, 0.25) is 0 Å². The molecule has 11 nitrogen and oxygen atoms in total. The van der Waals surface area contributed by atoms with Gasteiger partial charge in [0.1, 0.15) is 5.65 Å². The summed E-state index contributed by atoms with van der Waals surface area (Å²) in [5.41, 5.74) is 5.22. The van der Waals surface area contributed by atoms with Gasteiger partial charge in [0.15, 0.2) is 9.84 Å². The zero-order valence-electron chi connectivity index (χ0n) is 24.0. The van der Waals surface area contributed by atoms with Crippen LogP contribution in [0.5, 0.6) is 0 Å². The second-order valence-electron chi connectivity index (χ2n) is 11.6. The number of phosphoric acid groups is 1. The third kappa shape index (κ3) is 6.26. The Morgan fingerprint density at radius 2 is 1.88 bits per heavy atom. The molecule has 1 saturated carbocycles. The minimum Gasteiger partial charge on any atom is -0.349 e. The number of nitrogens with zero attached hydrogens (tertiary/aromatic N) is 2. The van der Waals surface area contributed by atoms with Gasteiger partial charge in [0, 0.05) is 48.2 Å². The van der Waals surface area contributed by atoms with E-state index in [1.807, 2.05) is 32.0 Å². The Kier molecular flexibility index (Phi) is 7.95. The molecular formula is C30H35N4O7PS. The minimum absolute atomic E-state index is 0.0642. The number of fused-ring (bicyclic) bond motifs is 3. The first-order valence-corrected chi connectivity index (χ1v) is 17.5. The number of sulfone groups is 1. The summed E-state index contributed by atoms with van der Waals surface area (Å²) >= 11 is 0. The molecule has 2 aliphatic rings. The van der Waals surface area contributed by atoms with Crippen LogP contribution in [0.4, 0.5) is 0 Å². The largest absolute Gasteiger partial charge is 0.469 e. The number of aromatic amines is 1. The topological polar surface area (TPSA) is 162 Å². The molecule has 2 fully saturated rings. The Bertz CT molecular complexity index is 1870. The predicted molar refractivity (Wildman–Crippen MR) is 164 cm³/mol. The van der Waals surface area contributed by atoms with E-state index in [9.17, 15) is 17.8 Å². The number of likely N-dealkylation sites (tertiary alicyclic amines) is 1. The normalized spacial score (nSPS) is 17.1. The van der Waals surface area contributed by atoms with Crippen LogP contribution in [0.15, 0.2) is 47.5 Å². The molecule has 0 bridgehead atoms. The second kappa shape index (κ2) is 11.4. The molecule has 1 amide bonds. The van der Waals surface area contributed by atoms with Crippen molar-refractivity contribution in [1.82, 2.24) is 20.2 Å². The number of phosphoric ester groups is 1. The van der Waals surface area contributed by atoms with E-state index < -0.39 is 17.7 Å². The number of pyridine rings is 1. The summed E-state index contributed by atoms with van der Waals surface area (Å²) in [4.78, 5) is 41.9. The van der Waals surface area contributed by atoms with Crippen molar-refractivity contribution in [2.75, 3.05) is 26.2 Å². The summed E-state index contributed by atoms with van der Waals surface area (Å²) in [7, 11) is -7.90. The van der Waals surface area contributed by atoms with Crippen molar-refractivity contribution < 1.29 is 32.1 Å². The number of aromatic nitrogens is 2. The van der Waals surface area contributed by atoms with Crippen molar-refractivity contribution in [3.63, 3.8) is 0 Å². The summed E-state index contributed by atoms with van der Waals surface area (Å²) in [5, 5.41) is 4.65. The number of carbonyl (C=O) groups excluding carboxylic acids is 1. The van der Waals surface area contributed by atoms with Gasteiger partial charge in [-0.25, -0.2) is 18.0 Å². The van der Waals surface area contributed by atoms with Crippen LogP contribution in [0.1, 0.15) is 47.2 Å². The summed E-state index contributed by atoms with van der Waals surface area (Å²) in [6, 6.07) is 10.8. The summed E-state index contributed by atoms with van der Waals surface area (Å²) in [5.74, 6) is -0.214. The van der Waals surface area contributed by atoms with Crippen LogP contribution in [0.2, 0.25) is 0 Å². The number of nitrogens with one attached hydrogen (secondary N) is 2. The first-order chi connectivity index (χ1) is 20.4. The van der Waals surface area contributed by atoms with Crippen LogP contribution in [-0.4, -0.2) is 76.5 Å². The SMILES string of the molecule is Cc1cnc2[nH]c3c(C)c(C(=O)NC4CCN(CCOP(=O)(O)O)CC4)cc(-c4cccc(S(=O)(=O)C5CC5)c4)c3c2c1. The highest BCUT2D eigenvalue weighted by molar-refractivity contribution is 7.92. The molecule has 43 heavy (non-hydrogen) atoms. The fraction of sp³-hybridized carbons (Fsp3) is 0.400. The number of piperidine rings is 1. The number of aryl methyl sites for hydroxylation is 2. The summed E-state index contributed by atoms with van der Waals surface area (Å²) < 4.78 is 41.7. The average molecular weight is 627 g/mol. The van der Waals surface area contributed by atoms with Crippen LogP contribution >= 0.6 is 7.82 Å². The predicted octanol–water partition coefficient (Wildman–Crippen LogP) is 4.24. The third-order valence-corrected chi connectivity index (χ3v) is 11.2. The second-order valence-corrected chi connectivity index (χ2v) is 15.0. The highest BCUT2D eigenvalue weighted by Crippen LogP contribution is 2.40. The molecule has 1 saturated heterocycles. The maximum absolute atomic E-state index is 13.8. The van der Waals surface area contributed by atoms with Gasteiger partial charge in [-0.2, -0.15) is 0 Å². The van der Waals surface area contributed by atoms with E-state index in [-0.39, 0.29) is 23.8 Å². The van der Waals surface area contributed by atoms with E-state index in [1.54, 1.807) is 24.4 Å². The standard InChI is InChI=1S/C30H35N4O7PS/c1-18-14-26-27-25(20-4-3-5-23(15-20)43(39,40)22-6-7-22)16-24(19(2)28(27)33-29(26)31-17-18)30(35)32-21-8-10-34(11-9-21)12-13-41-42(36,37)38/h3-5,14-17,21-22H,6-13H2,1-2H3,(H,31,33)(H,32,35)(H2,36,37,38). The van der Waals surface area contributed by atoms with Gasteiger partial charge in [-0.1, -0.05) is 12.1 Å². The van der Waals surface area contributed by atoms with Gasteiger partial charge in [-0.05, 0) is 86.1 Å². The van der Waals surface area contributed by atoms with Gasteiger partial charge in [0.25, 0.3) is 5.91 Å². The molecule has 228 valence electrons. The zero-order valence-corrected chi connectivity index (χ0v) is 25.7. The number of rotatable bonds is 9. The first-order valence-electron chi connectivity index (χ1n) is 14.4. The zero-order chi connectivity index (χ0) is 30.5. The average Bonchev–Trinajstić information content (AvgIpc) is 3.76. The Morgan fingerprint density at radius 3 is 2.58 bits per heavy atom. The van der Waals surface area contributed by atoms with Crippen molar-refractivity contribution in [2.24, 2.45) is 0 Å². The third-order valence-electron chi connectivity index (χ3n) is 8.40. The highest BCUT2D eigenvalue weighted by Gasteiger charge is 2.37. The highest BCUT2D eigenvalue weighted by atomic mass is 32.2. The minimum atomic E-state index is -4.49. The first kappa shape index (κ1) is 29.9. The number of hydrogen-bond donors (Lipinski definition) is 4. The quantitative estimate of drug-likeness (QED) is 0.199. The molecule has 0 spiro atoms. The molecule has 1 aliphatic heterocycles. The van der Waals surface area contributed by atoms with Crippen LogP contribution in [-0.2, 0) is 18.9 Å². The van der Waals surface area contributed by atoms with E-state index in [2.05, 4.69) is 24.7 Å². The van der Waals surface area contributed by atoms with Gasteiger partial charge >= 0.3 is 7.82 Å². The van der Waals surface area contributed by atoms with E-state index in [4.69, 9.17) is 9.79 Å². The fourth-order valence-corrected chi connectivity index (χ4v) is 7.94. The van der Waals surface area contributed by atoms with Crippen LogP contribution in [0, 0.1) is 13.8 Å². The number of amides is 1. The van der Waals surface area contributed by atoms with Crippen molar-refractivity contribution in [1.29, 1.82) is 0 Å². The van der Waals surface area contributed by atoms with Crippen LogP contribution in [0.3, 0.4) is 0 Å². The molecule has 2 aromatic carbocycles. The Morgan fingerprint density at radius 1 is 1.14 bits per heavy atom.